The highest BCUT2D eigenvalue weighted by molar-refractivity contribution is 8.06. The van der Waals surface area contributed by atoms with Crippen molar-refractivity contribution < 1.29 is 0 Å². The molecule has 0 saturated heterocycles. The van der Waals surface area contributed by atoms with Crippen LogP contribution in [0.3, 0.4) is 0 Å². The molecule has 0 radical (unpaired) electrons. The summed E-state index contributed by atoms with van der Waals surface area (Å²) in [5.41, 5.74) is 7.84. The quantitative estimate of drug-likeness (QED) is 0.666. The molecule has 124 valence electrons. The highest BCUT2D eigenvalue weighted by Crippen LogP contribution is 2.28. The molecule has 2 aliphatic rings. The summed E-state index contributed by atoms with van der Waals surface area (Å²) in [6.45, 7) is 2.00. The van der Waals surface area contributed by atoms with Crippen molar-refractivity contribution in [3.8, 4) is 0 Å². The summed E-state index contributed by atoms with van der Waals surface area (Å²) in [4.78, 5) is 13.3. The van der Waals surface area contributed by atoms with E-state index in [1.54, 1.807) is 18.8 Å². The fraction of sp³-hybridized carbons (Fsp3) is 0.533. The van der Waals surface area contributed by atoms with Crippen molar-refractivity contribution in [2.75, 3.05) is 17.7 Å². The molecule has 2 heterocycles. The summed E-state index contributed by atoms with van der Waals surface area (Å²) < 4.78 is 0. The molecular weight excluding hydrogens is 310 g/mol. The lowest BCUT2D eigenvalue weighted by Gasteiger charge is -2.23. The molecule has 3 rings (SSSR count). The molecule has 23 heavy (non-hydrogen) atoms. The molecule has 7 nitrogen and oxygen atoms in total. The summed E-state index contributed by atoms with van der Waals surface area (Å²) >= 11 is 1.55. The minimum Gasteiger partial charge on any atom is -0.394 e. The Hall–Kier alpha value is -1.96. The first-order valence-electron chi connectivity index (χ1n) is 7.96. The Labute approximate surface area is 140 Å². The zero-order valence-corrected chi connectivity index (χ0v) is 14.3. The van der Waals surface area contributed by atoms with E-state index in [2.05, 4.69) is 30.9 Å². The fourth-order valence-electron chi connectivity index (χ4n) is 2.72. The first-order chi connectivity index (χ1) is 11.2. The maximum atomic E-state index is 6.24. The average molecular weight is 333 g/mol. The van der Waals surface area contributed by atoms with E-state index in [-0.39, 0.29) is 0 Å². The maximum Gasteiger partial charge on any atom is 0.228 e. The van der Waals surface area contributed by atoms with Gasteiger partial charge in [-0.05, 0) is 25.2 Å². The molecular formula is C15H23N7S. The third-order valence-corrected chi connectivity index (χ3v) is 4.98. The van der Waals surface area contributed by atoms with E-state index in [1.165, 1.54) is 19.3 Å². The Balaban J connectivity index is 1.84. The number of anilines is 2. The number of allylic oxidation sites excluding steroid dienone is 1. The van der Waals surface area contributed by atoms with Crippen LogP contribution in [0.15, 0.2) is 16.1 Å². The van der Waals surface area contributed by atoms with E-state index < -0.39 is 0 Å². The molecule has 1 aliphatic carbocycles. The highest BCUT2D eigenvalue weighted by Gasteiger charge is 2.18. The Kier molecular flexibility index (Phi) is 4.90. The number of nitrogens with two attached hydrogens (primary N) is 1. The first-order valence-corrected chi connectivity index (χ1v) is 8.84. The van der Waals surface area contributed by atoms with Gasteiger partial charge in [-0.25, -0.2) is 0 Å². The second kappa shape index (κ2) is 7.08. The van der Waals surface area contributed by atoms with Crippen LogP contribution in [0.2, 0.25) is 0 Å². The summed E-state index contributed by atoms with van der Waals surface area (Å²) in [5.74, 6) is 1.59. The lowest BCUT2D eigenvalue weighted by Crippen LogP contribution is -2.24. The molecule has 8 heteroatoms. The Bertz CT molecular complexity index is 635. The van der Waals surface area contributed by atoms with Crippen LogP contribution in [-0.4, -0.2) is 28.0 Å². The van der Waals surface area contributed by atoms with Crippen molar-refractivity contribution in [1.29, 1.82) is 0 Å². The number of hydrogen-bond acceptors (Lipinski definition) is 8. The molecule has 0 amide bonds. The maximum absolute atomic E-state index is 6.24. The van der Waals surface area contributed by atoms with Gasteiger partial charge in [0.15, 0.2) is 5.82 Å². The third-order valence-electron chi connectivity index (χ3n) is 3.95. The highest BCUT2D eigenvalue weighted by atomic mass is 32.2. The Morgan fingerprint density at radius 3 is 2.61 bits per heavy atom. The van der Waals surface area contributed by atoms with E-state index in [0.29, 0.717) is 29.5 Å². The molecule has 1 aromatic rings. The third kappa shape index (κ3) is 3.87. The van der Waals surface area contributed by atoms with Gasteiger partial charge in [0.05, 0.1) is 0 Å². The summed E-state index contributed by atoms with van der Waals surface area (Å²) in [5, 5.41) is 12.5. The second-order valence-corrected chi connectivity index (χ2v) is 6.70. The monoisotopic (exact) mass is 333 g/mol. The Morgan fingerprint density at radius 2 is 1.96 bits per heavy atom. The van der Waals surface area contributed by atoms with Crippen molar-refractivity contribution in [1.82, 2.24) is 20.3 Å². The molecule has 0 atom stereocenters. The summed E-state index contributed by atoms with van der Waals surface area (Å²) in [6.07, 6.45) is 6.15. The predicted molar refractivity (Wildman–Crippen MR) is 95.5 cm³/mol. The molecule has 0 unspecified atom stereocenters. The zero-order chi connectivity index (χ0) is 16.2. The minimum absolute atomic E-state index is 0.431. The predicted octanol–water partition coefficient (Wildman–Crippen LogP) is 2.44. The van der Waals surface area contributed by atoms with Gasteiger partial charge >= 0.3 is 0 Å². The molecule has 0 spiro atoms. The van der Waals surface area contributed by atoms with Gasteiger partial charge < -0.3 is 21.7 Å². The summed E-state index contributed by atoms with van der Waals surface area (Å²) in [6, 6.07) is 0.431. The van der Waals surface area contributed by atoms with Crippen LogP contribution in [0, 0.1) is 0 Å². The number of nitrogens with zero attached hydrogens (tertiary/aromatic N) is 3. The van der Waals surface area contributed by atoms with E-state index in [9.17, 15) is 0 Å². The SMILES string of the molecule is CNc1nc(NC2CCCCC2)nc(/C(N)=C2/NC(C)=CS2)n1. The van der Waals surface area contributed by atoms with Gasteiger partial charge in [-0.15, -0.1) is 0 Å². The van der Waals surface area contributed by atoms with E-state index >= 15 is 0 Å². The molecule has 1 fully saturated rings. The average Bonchev–Trinajstić information content (AvgIpc) is 3.01. The van der Waals surface area contributed by atoms with Gasteiger partial charge in [0, 0.05) is 18.8 Å². The van der Waals surface area contributed by atoms with Crippen LogP contribution in [-0.2, 0) is 0 Å². The number of nitrogens with one attached hydrogen (secondary N) is 3. The molecule has 0 bridgehead atoms. The van der Waals surface area contributed by atoms with Crippen LogP contribution in [0.25, 0.3) is 5.70 Å². The standard InChI is InChI=1S/C15H23N7S/c1-9-8-23-13(18-9)11(16)12-20-14(17-2)22-15(21-12)19-10-6-4-3-5-7-10/h8,10,18H,3-7,16H2,1-2H3,(H2,17,19,20,21,22)/b13-11+. The van der Waals surface area contributed by atoms with E-state index in [4.69, 9.17) is 5.73 Å². The van der Waals surface area contributed by atoms with Crippen LogP contribution >= 0.6 is 11.8 Å². The molecule has 1 aliphatic heterocycles. The van der Waals surface area contributed by atoms with Gasteiger partial charge in [-0.3, -0.25) is 0 Å². The van der Waals surface area contributed by atoms with Crippen LogP contribution in [0.4, 0.5) is 11.9 Å². The fourth-order valence-corrected chi connectivity index (χ4v) is 3.51. The van der Waals surface area contributed by atoms with Gasteiger partial charge in [0.1, 0.15) is 10.7 Å². The van der Waals surface area contributed by atoms with E-state index in [0.717, 1.165) is 23.6 Å². The van der Waals surface area contributed by atoms with Gasteiger partial charge in [0.25, 0.3) is 0 Å². The number of aromatic nitrogens is 3. The molecule has 1 saturated carbocycles. The lowest BCUT2D eigenvalue weighted by atomic mass is 9.96. The molecule has 1 aromatic heterocycles. The first kappa shape index (κ1) is 15.9. The zero-order valence-electron chi connectivity index (χ0n) is 13.5. The largest absolute Gasteiger partial charge is 0.394 e. The minimum atomic E-state index is 0.431. The van der Waals surface area contributed by atoms with Crippen molar-refractivity contribution in [3.63, 3.8) is 0 Å². The van der Waals surface area contributed by atoms with Crippen molar-refractivity contribution in [3.05, 3.63) is 22.0 Å². The number of thioether (sulfide) groups is 1. The normalized spacial score (nSPS) is 20.7. The second-order valence-electron chi connectivity index (χ2n) is 5.82. The topological polar surface area (TPSA) is 101 Å². The van der Waals surface area contributed by atoms with E-state index in [1.807, 2.05) is 12.3 Å². The Morgan fingerprint density at radius 1 is 1.22 bits per heavy atom. The van der Waals surface area contributed by atoms with Crippen LogP contribution in [0.5, 0.6) is 0 Å². The van der Waals surface area contributed by atoms with Crippen molar-refractivity contribution in [2.45, 2.75) is 45.1 Å². The lowest BCUT2D eigenvalue weighted by molar-refractivity contribution is 0.460. The molecule has 5 N–H and O–H groups in total. The smallest absolute Gasteiger partial charge is 0.228 e. The van der Waals surface area contributed by atoms with Gasteiger partial charge in [-0.2, -0.15) is 15.0 Å². The van der Waals surface area contributed by atoms with Gasteiger partial charge in [-0.1, -0.05) is 31.0 Å². The number of rotatable bonds is 4. The van der Waals surface area contributed by atoms with Crippen molar-refractivity contribution in [2.24, 2.45) is 5.73 Å². The van der Waals surface area contributed by atoms with Gasteiger partial charge in [0.2, 0.25) is 11.9 Å². The summed E-state index contributed by atoms with van der Waals surface area (Å²) in [7, 11) is 1.79. The van der Waals surface area contributed by atoms with Crippen molar-refractivity contribution >= 4 is 29.4 Å². The molecule has 0 aromatic carbocycles. The van der Waals surface area contributed by atoms with Crippen LogP contribution < -0.4 is 21.7 Å². The number of hydrogen-bond donors (Lipinski definition) is 4. The van der Waals surface area contributed by atoms with Crippen LogP contribution in [0.1, 0.15) is 44.9 Å².